The predicted octanol–water partition coefficient (Wildman–Crippen LogP) is 4.68. The van der Waals surface area contributed by atoms with Gasteiger partial charge in [0, 0.05) is 22.0 Å². The van der Waals surface area contributed by atoms with Gasteiger partial charge in [0.2, 0.25) is 0 Å². The van der Waals surface area contributed by atoms with Gasteiger partial charge in [-0.2, -0.15) is 0 Å². The number of aryl methyl sites for hydroxylation is 1. The third kappa shape index (κ3) is 3.81. The molecule has 4 nitrogen and oxygen atoms in total. The molecule has 0 radical (unpaired) electrons. The van der Waals surface area contributed by atoms with E-state index >= 15 is 0 Å². The lowest BCUT2D eigenvalue weighted by Crippen LogP contribution is -2.34. The van der Waals surface area contributed by atoms with Crippen molar-refractivity contribution in [2.45, 2.75) is 13.0 Å². The average Bonchev–Trinajstić information content (AvgIpc) is 2.91. The molecule has 0 unspecified atom stereocenters. The topological polar surface area (TPSA) is 45.5 Å². The van der Waals surface area contributed by atoms with Crippen LogP contribution >= 0.6 is 15.9 Å². The Hall–Kier alpha value is -2.18. The van der Waals surface area contributed by atoms with Crippen molar-refractivity contribution in [2.75, 3.05) is 20.6 Å². The molecule has 2 aromatic carbocycles. The van der Waals surface area contributed by atoms with Crippen LogP contribution in [0.2, 0.25) is 0 Å². The Labute approximate surface area is 160 Å². The Morgan fingerprint density at radius 1 is 1.27 bits per heavy atom. The Kier molecular flexibility index (Phi) is 5.44. The van der Waals surface area contributed by atoms with Gasteiger partial charge in [0.1, 0.15) is 11.4 Å². The molecule has 26 heavy (non-hydrogen) atoms. The summed E-state index contributed by atoms with van der Waals surface area (Å²) in [6, 6.07) is 11.9. The normalized spacial score (nSPS) is 12.5. The third-order valence-corrected chi connectivity index (χ3v) is 4.91. The summed E-state index contributed by atoms with van der Waals surface area (Å²) in [5.41, 5.74) is 2.27. The van der Waals surface area contributed by atoms with Crippen molar-refractivity contribution in [1.29, 1.82) is 0 Å². The Bertz CT molecular complexity index is 952. The number of hydrogen-bond donors (Lipinski definition) is 1. The van der Waals surface area contributed by atoms with E-state index in [0.29, 0.717) is 17.9 Å². The van der Waals surface area contributed by atoms with Crippen LogP contribution in [0.4, 0.5) is 4.39 Å². The quantitative estimate of drug-likeness (QED) is 0.654. The zero-order chi connectivity index (χ0) is 18.8. The van der Waals surface area contributed by atoms with Crippen molar-refractivity contribution in [2.24, 2.45) is 0 Å². The zero-order valence-corrected chi connectivity index (χ0v) is 16.4. The van der Waals surface area contributed by atoms with Crippen molar-refractivity contribution in [3.63, 3.8) is 0 Å². The molecule has 1 amide bonds. The summed E-state index contributed by atoms with van der Waals surface area (Å²) in [6.07, 6.45) is 0. The maximum Gasteiger partial charge on any atom is 0.287 e. The van der Waals surface area contributed by atoms with E-state index < -0.39 is 0 Å². The molecule has 3 rings (SSSR count). The van der Waals surface area contributed by atoms with Crippen LogP contribution in [0.1, 0.15) is 27.7 Å². The molecule has 0 bridgehead atoms. The largest absolute Gasteiger partial charge is 0.451 e. The van der Waals surface area contributed by atoms with E-state index in [-0.39, 0.29) is 17.8 Å². The zero-order valence-electron chi connectivity index (χ0n) is 14.8. The highest BCUT2D eigenvalue weighted by molar-refractivity contribution is 9.10. The maximum absolute atomic E-state index is 13.5. The summed E-state index contributed by atoms with van der Waals surface area (Å²) >= 11 is 3.43. The highest BCUT2D eigenvalue weighted by atomic mass is 79.9. The summed E-state index contributed by atoms with van der Waals surface area (Å²) in [5.74, 6) is -0.271. The number of nitrogens with one attached hydrogen (secondary N) is 1. The molecule has 0 saturated heterocycles. The first-order valence-electron chi connectivity index (χ1n) is 8.25. The van der Waals surface area contributed by atoms with Crippen LogP contribution in [-0.2, 0) is 0 Å². The minimum Gasteiger partial charge on any atom is -0.451 e. The van der Waals surface area contributed by atoms with Crippen LogP contribution in [-0.4, -0.2) is 31.4 Å². The lowest BCUT2D eigenvalue weighted by molar-refractivity contribution is 0.0915. The van der Waals surface area contributed by atoms with Crippen LogP contribution in [0.25, 0.3) is 11.0 Å². The van der Waals surface area contributed by atoms with Crippen molar-refractivity contribution >= 4 is 32.8 Å². The Balaban J connectivity index is 1.80. The first kappa shape index (κ1) is 18.6. The number of carbonyl (C=O) groups excluding carboxylic acids is 1. The van der Waals surface area contributed by atoms with Gasteiger partial charge in [-0.25, -0.2) is 4.39 Å². The number of rotatable bonds is 5. The van der Waals surface area contributed by atoms with Crippen LogP contribution in [0.3, 0.4) is 0 Å². The van der Waals surface area contributed by atoms with Gasteiger partial charge >= 0.3 is 0 Å². The summed E-state index contributed by atoms with van der Waals surface area (Å²) in [4.78, 5) is 14.6. The van der Waals surface area contributed by atoms with Crippen molar-refractivity contribution < 1.29 is 13.6 Å². The van der Waals surface area contributed by atoms with Crippen molar-refractivity contribution in [3.05, 3.63) is 69.6 Å². The van der Waals surface area contributed by atoms with E-state index in [2.05, 4.69) is 21.2 Å². The van der Waals surface area contributed by atoms with Gasteiger partial charge in [0.15, 0.2) is 5.76 Å². The van der Waals surface area contributed by atoms with Crippen LogP contribution < -0.4 is 5.32 Å². The number of likely N-dealkylation sites (N-methyl/N-ethyl adjacent to an activating group) is 1. The molecule has 0 spiro atoms. The molecule has 1 atom stereocenters. The Morgan fingerprint density at radius 3 is 2.73 bits per heavy atom. The molecule has 0 aliphatic carbocycles. The molecule has 6 heteroatoms. The molecule has 1 N–H and O–H groups in total. The standard InChI is InChI=1S/C20H20BrFN2O2/c1-12-16-10-14(21)7-8-18(16)26-19(12)20(25)23-11-17(24(2)3)13-5-4-6-15(22)9-13/h4-10,17H,11H2,1-3H3,(H,23,25)/t17-/m0/s1. The molecule has 0 aliphatic rings. The van der Waals surface area contributed by atoms with Gasteiger partial charge in [-0.1, -0.05) is 28.1 Å². The molecular weight excluding hydrogens is 399 g/mol. The first-order chi connectivity index (χ1) is 12.4. The molecule has 3 aromatic rings. The number of amides is 1. The fraction of sp³-hybridized carbons (Fsp3) is 0.250. The molecule has 0 fully saturated rings. The number of halogens is 2. The fourth-order valence-corrected chi connectivity index (χ4v) is 3.35. The third-order valence-electron chi connectivity index (χ3n) is 4.42. The van der Waals surface area contributed by atoms with E-state index in [1.165, 1.54) is 12.1 Å². The van der Waals surface area contributed by atoms with E-state index in [4.69, 9.17) is 4.42 Å². The van der Waals surface area contributed by atoms with Gasteiger partial charge < -0.3 is 14.6 Å². The molecule has 1 heterocycles. The molecule has 1 aromatic heterocycles. The second-order valence-corrected chi connectivity index (χ2v) is 7.36. The molecule has 0 saturated carbocycles. The number of nitrogens with zero attached hydrogens (tertiary/aromatic N) is 1. The number of carbonyl (C=O) groups is 1. The van der Waals surface area contributed by atoms with Gasteiger partial charge in [0.25, 0.3) is 5.91 Å². The summed E-state index contributed by atoms with van der Waals surface area (Å²) in [5, 5.41) is 3.81. The fourth-order valence-electron chi connectivity index (χ4n) is 2.99. The van der Waals surface area contributed by atoms with Crippen LogP contribution in [0, 0.1) is 12.7 Å². The SMILES string of the molecule is Cc1c(C(=O)NC[C@@H](c2cccc(F)c2)N(C)C)oc2ccc(Br)cc12. The van der Waals surface area contributed by atoms with Crippen molar-refractivity contribution in [3.8, 4) is 0 Å². The highest BCUT2D eigenvalue weighted by Gasteiger charge is 2.21. The molecule has 0 aliphatic heterocycles. The second kappa shape index (κ2) is 7.60. The molecular formula is C20H20BrFN2O2. The minimum atomic E-state index is -0.292. The molecule has 136 valence electrons. The number of benzene rings is 2. The maximum atomic E-state index is 13.5. The monoisotopic (exact) mass is 418 g/mol. The summed E-state index contributed by atoms with van der Waals surface area (Å²) in [7, 11) is 3.79. The van der Waals surface area contributed by atoms with Crippen LogP contribution in [0.15, 0.2) is 51.4 Å². The second-order valence-electron chi connectivity index (χ2n) is 6.44. The van der Waals surface area contributed by atoms with Gasteiger partial charge in [-0.05, 0) is 56.9 Å². The highest BCUT2D eigenvalue weighted by Crippen LogP contribution is 2.28. The van der Waals surface area contributed by atoms with Gasteiger partial charge in [-0.3, -0.25) is 4.79 Å². The smallest absolute Gasteiger partial charge is 0.287 e. The van der Waals surface area contributed by atoms with E-state index in [0.717, 1.165) is 21.0 Å². The van der Waals surface area contributed by atoms with Gasteiger partial charge in [-0.15, -0.1) is 0 Å². The number of fused-ring (bicyclic) bond motifs is 1. The lowest BCUT2D eigenvalue weighted by Gasteiger charge is -2.25. The number of furan rings is 1. The lowest BCUT2D eigenvalue weighted by atomic mass is 10.1. The number of hydrogen-bond acceptors (Lipinski definition) is 3. The van der Waals surface area contributed by atoms with Crippen molar-refractivity contribution in [1.82, 2.24) is 10.2 Å². The van der Waals surface area contributed by atoms with Gasteiger partial charge in [0.05, 0.1) is 6.04 Å². The average molecular weight is 419 g/mol. The van der Waals surface area contributed by atoms with E-state index in [1.807, 2.05) is 50.2 Å². The summed E-state index contributed by atoms with van der Waals surface area (Å²) < 4.78 is 20.2. The summed E-state index contributed by atoms with van der Waals surface area (Å²) in [6.45, 7) is 2.21. The van der Waals surface area contributed by atoms with Crippen LogP contribution in [0.5, 0.6) is 0 Å². The van der Waals surface area contributed by atoms with E-state index in [9.17, 15) is 9.18 Å². The first-order valence-corrected chi connectivity index (χ1v) is 9.05. The predicted molar refractivity (Wildman–Crippen MR) is 104 cm³/mol. The minimum absolute atomic E-state index is 0.145. The Morgan fingerprint density at radius 2 is 2.04 bits per heavy atom. The van der Waals surface area contributed by atoms with E-state index in [1.54, 1.807) is 6.07 Å².